The summed E-state index contributed by atoms with van der Waals surface area (Å²) in [5, 5.41) is 3.02. The molecule has 5 rings (SSSR count). The summed E-state index contributed by atoms with van der Waals surface area (Å²) in [4.78, 5) is 49.0. The molecule has 1 unspecified atom stereocenters. The minimum atomic E-state index is -0.951. The number of amides is 2. The number of Topliss-reactive ketones (excluding diaryl/α,β-unsaturated/α-hetero) is 1. The number of amidine groups is 2. The van der Waals surface area contributed by atoms with Crippen LogP contribution in [0, 0.1) is 11.6 Å². The molecule has 0 aromatic heterocycles. The Morgan fingerprint density at radius 2 is 1.62 bits per heavy atom. The Bertz CT molecular complexity index is 1440. The minimum absolute atomic E-state index is 0.0213. The van der Waals surface area contributed by atoms with E-state index in [1.54, 1.807) is 30.3 Å². The number of nitrogens with one attached hydrogen (secondary N) is 1. The van der Waals surface area contributed by atoms with Gasteiger partial charge in [0, 0.05) is 17.7 Å². The van der Waals surface area contributed by atoms with Crippen molar-refractivity contribution in [3.63, 3.8) is 0 Å². The van der Waals surface area contributed by atoms with Gasteiger partial charge in [-0.05, 0) is 54.1 Å². The molecule has 37 heavy (non-hydrogen) atoms. The third kappa shape index (κ3) is 5.34. The number of thioether (sulfide) groups is 1. The second kappa shape index (κ2) is 10.4. The van der Waals surface area contributed by atoms with Gasteiger partial charge in [0.05, 0.1) is 17.9 Å². The van der Waals surface area contributed by atoms with Crippen molar-refractivity contribution < 1.29 is 23.2 Å². The fourth-order valence-electron chi connectivity index (χ4n) is 3.93. The lowest BCUT2D eigenvalue weighted by Gasteiger charge is -2.25. The molecule has 0 saturated heterocycles. The molecule has 0 aliphatic carbocycles. The second-order valence-electron chi connectivity index (χ2n) is 8.38. The zero-order valence-corrected chi connectivity index (χ0v) is 20.2. The van der Waals surface area contributed by atoms with E-state index in [1.165, 1.54) is 41.3 Å². The zero-order valence-electron chi connectivity index (χ0n) is 19.4. The maximum Gasteiger partial charge on any atom is 0.259 e. The number of halogens is 2. The molecule has 2 heterocycles. The number of para-hydroxylation sites is 1. The molecule has 1 atom stereocenters. The molecule has 3 aromatic rings. The SMILES string of the molecule is O=C(CC1N=C2c3ccccc3N=C(SCC(=O)c3ccc(F)cc3)N2C1=O)NCc1ccc(F)cc1. The highest BCUT2D eigenvalue weighted by Crippen LogP contribution is 2.34. The van der Waals surface area contributed by atoms with Gasteiger partial charge in [-0.1, -0.05) is 36.0 Å². The van der Waals surface area contributed by atoms with Crippen LogP contribution < -0.4 is 5.32 Å². The van der Waals surface area contributed by atoms with E-state index in [4.69, 9.17) is 0 Å². The molecule has 2 aliphatic rings. The Morgan fingerprint density at radius 3 is 2.35 bits per heavy atom. The van der Waals surface area contributed by atoms with Crippen LogP contribution in [0.1, 0.15) is 27.9 Å². The third-order valence-corrected chi connectivity index (χ3v) is 6.77. The number of hydrogen-bond donors (Lipinski definition) is 1. The van der Waals surface area contributed by atoms with E-state index in [0.29, 0.717) is 22.6 Å². The van der Waals surface area contributed by atoms with Gasteiger partial charge < -0.3 is 5.32 Å². The highest BCUT2D eigenvalue weighted by molar-refractivity contribution is 8.14. The maximum absolute atomic E-state index is 13.3. The van der Waals surface area contributed by atoms with Crippen LogP contribution >= 0.6 is 11.8 Å². The van der Waals surface area contributed by atoms with E-state index >= 15 is 0 Å². The lowest BCUT2D eigenvalue weighted by molar-refractivity contribution is -0.128. The summed E-state index contributed by atoms with van der Waals surface area (Å²) in [5.74, 6) is -1.48. The topological polar surface area (TPSA) is 91.2 Å². The summed E-state index contributed by atoms with van der Waals surface area (Å²) in [6.45, 7) is 0.192. The lowest BCUT2D eigenvalue weighted by atomic mass is 10.1. The van der Waals surface area contributed by atoms with Gasteiger partial charge in [0.1, 0.15) is 23.5 Å². The van der Waals surface area contributed by atoms with Crippen molar-refractivity contribution in [2.24, 2.45) is 9.98 Å². The predicted octanol–water partition coefficient (Wildman–Crippen LogP) is 4.25. The summed E-state index contributed by atoms with van der Waals surface area (Å²) >= 11 is 1.08. The molecule has 2 aliphatic heterocycles. The van der Waals surface area contributed by atoms with Crippen molar-refractivity contribution in [2.45, 2.75) is 19.0 Å². The second-order valence-corrected chi connectivity index (χ2v) is 9.32. The van der Waals surface area contributed by atoms with E-state index in [2.05, 4.69) is 15.3 Å². The van der Waals surface area contributed by atoms with E-state index in [1.807, 2.05) is 6.07 Å². The molecular weight excluding hydrogens is 498 g/mol. The molecular formula is C27H20F2N4O3S. The average Bonchev–Trinajstić information content (AvgIpc) is 3.23. The van der Waals surface area contributed by atoms with Crippen molar-refractivity contribution in [1.82, 2.24) is 10.2 Å². The fraction of sp³-hybridized carbons (Fsp3) is 0.148. The molecule has 0 saturated carbocycles. The van der Waals surface area contributed by atoms with Crippen LogP contribution in [0.2, 0.25) is 0 Å². The lowest BCUT2D eigenvalue weighted by Crippen LogP contribution is -2.42. The third-order valence-electron chi connectivity index (χ3n) is 5.83. The number of fused-ring (bicyclic) bond motifs is 3. The first-order valence-electron chi connectivity index (χ1n) is 11.4. The summed E-state index contributed by atoms with van der Waals surface area (Å²) in [7, 11) is 0. The number of benzene rings is 3. The number of hydrogen-bond acceptors (Lipinski definition) is 6. The highest BCUT2D eigenvalue weighted by Gasteiger charge is 2.42. The van der Waals surface area contributed by atoms with Crippen LogP contribution in [-0.4, -0.2) is 45.3 Å². The van der Waals surface area contributed by atoms with Crippen molar-refractivity contribution in [3.05, 3.63) is 101 Å². The number of rotatable bonds is 7. The first-order chi connectivity index (χ1) is 17.9. The Kier molecular flexibility index (Phi) is 6.91. The summed E-state index contributed by atoms with van der Waals surface area (Å²) in [6.07, 6.45) is -0.172. The maximum atomic E-state index is 13.3. The molecule has 1 N–H and O–H groups in total. The van der Waals surface area contributed by atoms with Crippen molar-refractivity contribution >= 4 is 46.1 Å². The van der Waals surface area contributed by atoms with Gasteiger partial charge in [0.15, 0.2) is 11.0 Å². The largest absolute Gasteiger partial charge is 0.352 e. The normalized spacial score (nSPS) is 16.0. The molecule has 10 heteroatoms. The monoisotopic (exact) mass is 518 g/mol. The smallest absolute Gasteiger partial charge is 0.259 e. The van der Waals surface area contributed by atoms with E-state index in [9.17, 15) is 23.2 Å². The Hall–Kier alpha value is -4.18. The summed E-state index contributed by atoms with van der Waals surface area (Å²) in [6, 6.07) is 17.2. The quantitative estimate of drug-likeness (QED) is 0.474. The molecule has 0 fully saturated rings. The van der Waals surface area contributed by atoms with Crippen LogP contribution in [0.15, 0.2) is 82.8 Å². The molecule has 3 aromatic carbocycles. The molecule has 0 radical (unpaired) electrons. The van der Waals surface area contributed by atoms with Crippen molar-refractivity contribution in [2.75, 3.05) is 5.75 Å². The van der Waals surface area contributed by atoms with E-state index in [-0.39, 0.29) is 41.4 Å². The summed E-state index contributed by atoms with van der Waals surface area (Å²) < 4.78 is 26.3. The van der Waals surface area contributed by atoms with Crippen LogP contribution in [0.4, 0.5) is 14.5 Å². The van der Waals surface area contributed by atoms with Gasteiger partial charge in [-0.2, -0.15) is 0 Å². The van der Waals surface area contributed by atoms with Gasteiger partial charge >= 0.3 is 0 Å². The van der Waals surface area contributed by atoms with Crippen molar-refractivity contribution in [3.8, 4) is 0 Å². The molecule has 2 amide bonds. The van der Waals surface area contributed by atoms with Gasteiger partial charge in [0.25, 0.3) is 5.91 Å². The van der Waals surface area contributed by atoms with Crippen LogP contribution in [0.3, 0.4) is 0 Å². The highest BCUT2D eigenvalue weighted by atomic mass is 32.2. The van der Waals surface area contributed by atoms with Gasteiger partial charge in [0.2, 0.25) is 5.91 Å². The summed E-state index contributed by atoms with van der Waals surface area (Å²) in [5.41, 5.74) is 2.33. The molecule has 0 spiro atoms. The number of nitrogens with zero attached hydrogens (tertiary/aromatic N) is 3. The van der Waals surface area contributed by atoms with Crippen LogP contribution in [0.5, 0.6) is 0 Å². The number of aliphatic imine (C=N–C) groups is 2. The van der Waals surface area contributed by atoms with Crippen molar-refractivity contribution in [1.29, 1.82) is 0 Å². The Labute approximate surface area is 215 Å². The van der Waals surface area contributed by atoms with E-state index in [0.717, 1.165) is 17.3 Å². The van der Waals surface area contributed by atoms with Gasteiger partial charge in [-0.3, -0.25) is 19.4 Å². The van der Waals surface area contributed by atoms with Crippen LogP contribution in [0.25, 0.3) is 0 Å². The van der Waals surface area contributed by atoms with Gasteiger partial charge in [-0.25, -0.2) is 18.7 Å². The first kappa shape index (κ1) is 24.5. The Morgan fingerprint density at radius 1 is 0.946 bits per heavy atom. The zero-order chi connectivity index (χ0) is 25.9. The van der Waals surface area contributed by atoms with E-state index < -0.39 is 17.8 Å². The molecule has 7 nitrogen and oxygen atoms in total. The predicted molar refractivity (Wildman–Crippen MR) is 137 cm³/mol. The fourth-order valence-corrected chi connectivity index (χ4v) is 4.83. The molecule has 186 valence electrons. The molecule has 0 bridgehead atoms. The van der Waals surface area contributed by atoms with Crippen LogP contribution in [-0.2, 0) is 16.1 Å². The number of carbonyl (C=O) groups excluding carboxylic acids is 3. The number of ketones is 1. The standard InChI is InChI=1S/C27H20F2N4O3S/c28-18-9-5-16(6-10-18)14-30-24(35)13-22-26(36)33-25(31-22)20-3-1-2-4-21(20)32-27(33)37-15-23(34)17-7-11-19(29)12-8-17/h1-12,22H,13-15H2,(H,30,35). The average molecular weight is 519 g/mol. The number of carbonyl (C=O) groups is 3. The first-order valence-corrected chi connectivity index (χ1v) is 12.4. The minimum Gasteiger partial charge on any atom is -0.352 e. The Balaban J connectivity index is 1.30. The van der Waals surface area contributed by atoms with Gasteiger partial charge in [-0.15, -0.1) is 0 Å².